The number of likely N-dealkylation sites (tertiary alicyclic amines) is 1. The molecule has 4 atom stereocenters. The van der Waals surface area contributed by atoms with E-state index in [0.717, 1.165) is 0 Å². The van der Waals surface area contributed by atoms with E-state index in [1.54, 1.807) is 4.90 Å². The third-order valence-corrected chi connectivity index (χ3v) is 5.92. The minimum absolute atomic E-state index is 0.0336. The highest BCUT2D eigenvalue weighted by Crippen LogP contribution is 2.52. The van der Waals surface area contributed by atoms with Gasteiger partial charge in [-0.25, -0.2) is 8.78 Å². The molecule has 3 aliphatic rings. The van der Waals surface area contributed by atoms with Gasteiger partial charge in [0.25, 0.3) is 0 Å². The molecule has 2 unspecified atom stereocenters. The monoisotopic (exact) mass is 351 g/mol. The van der Waals surface area contributed by atoms with Gasteiger partial charge >= 0.3 is 5.97 Å². The molecule has 1 aromatic carbocycles. The molecular weight excluding hydrogens is 332 g/mol. The molecule has 0 spiro atoms. The number of carboxylic acid groups (broad SMARTS) is 1. The fourth-order valence-electron chi connectivity index (χ4n) is 4.35. The summed E-state index contributed by atoms with van der Waals surface area (Å²) >= 11 is 0. The molecule has 134 valence electrons. The highest BCUT2D eigenvalue weighted by atomic mass is 19.1. The first-order chi connectivity index (χ1) is 11.9. The topological polar surface area (TPSA) is 66.8 Å². The lowest BCUT2D eigenvalue weighted by atomic mass is 9.74. The Labute approximate surface area is 143 Å². The van der Waals surface area contributed by atoms with Crippen molar-refractivity contribution < 1.29 is 28.2 Å². The fourth-order valence-corrected chi connectivity index (χ4v) is 4.35. The fraction of sp³-hybridized carbons (Fsp3) is 0.556. The van der Waals surface area contributed by atoms with Crippen LogP contribution in [0.25, 0.3) is 0 Å². The maximum Gasteiger partial charge on any atom is 0.311 e. The maximum atomic E-state index is 13.9. The van der Waals surface area contributed by atoms with Crippen molar-refractivity contribution in [3.05, 3.63) is 35.4 Å². The van der Waals surface area contributed by atoms with E-state index in [2.05, 4.69) is 0 Å². The number of halogens is 2. The number of hydrogen-bond donors (Lipinski definition) is 1. The number of aliphatic carboxylic acids is 1. The van der Waals surface area contributed by atoms with Crippen LogP contribution in [0.5, 0.6) is 0 Å². The standard InChI is InChI=1S/C18H19F2NO4/c19-13-2-1-3-14(20)15(13)11-6-12(11)16(22)21-7-10-8-25-5-4-18(10,9-21)17(23)24/h1-3,10-12H,4-9H2,(H,23,24)/t10-,11?,12?,18+/m0/s1. The molecule has 0 bridgehead atoms. The first-order valence-electron chi connectivity index (χ1n) is 8.48. The van der Waals surface area contributed by atoms with Gasteiger partial charge in [0, 0.05) is 43.0 Å². The predicted octanol–water partition coefficient (Wildman–Crippen LogP) is 2.02. The Morgan fingerprint density at radius 1 is 1.28 bits per heavy atom. The average molecular weight is 351 g/mol. The lowest BCUT2D eigenvalue weighted by molar-refractivity contribution is -0.157. The Hall–Kier alpha value is -2.02. The average Bonchev–Trinajstić information content (AvgIpc) is 3.24. The van der Waals surface area contributed by atoms with Gasteiger partial charge in [0.1, 0.15) is 11.6 Å². The number of fused-ring (bicyclic) bond motifs is 1. The predicted molar refractivity (Wildman–Crippen MR) is 82.8 cm³/mol. The van der Waals surface area contributed by atoms with Crippen molar-refractivity contribution >= 4 is 11.9 Å². The quantitative estimate of drug-likeness (QED) is 0.905. The molecule has 1 N–H and O–H groups in total. The van der Waals surface area contributed by atoms with Crippen LogP contribution in [0.15, 0.2) is 18.2 Å². The summed E-state index contributed by atoms with van der Waals surface area (Å²) in [6.07, 6.45) is 0.779. The summed E-state index contributed by atoms with van der Waals surface area (Å²) < 4.78 is 33.2. The Morgan fingerprint density at radius 2 is 2.00 bits per heavy atom. The Bertz CT molecular complexity index is 720. The Kier molecular flexibility index (Phi) is 3.79. The number of carbonyl (C=O) groups excluding carboxylic acids is 1. The van der Waals surface area contributed by atoms with Gasteiger partial charge in [-0.15, -0.1) is 0 Å². The van der Waals surface area contributed by atoms with Gasteiger partial charge in [0.15, 0.2) is 0 Å². The van der Waals surface area contributed by atoms with Crippen molar-refractivity contribution in [1.29, 1.82) is 0 Å². The van der Waals surface area contributed by atoms with Gasteiger partial charge in [-0.2, -0.15) is 0 Å². The zero-order valence-corrected chi connectivity index (χ0v) is 13.6. The SMILES string of the molecule is O=C(C1CC1c1c(F)cccc1F)N1C[C@H]2COCC[C@@]2(C(=O)O)C1. The number of carbonyl (C=O) groups is 2. The first-order valence-corrected chi connectivity index (χ1v) is 8.48. The van der Waals surface area contributed by atoms with Crippen LogP contribution in [0.3, 0.4) is 0 Å². The molecule has 5 nitrogen and oxygen atoms in total. The highest BCUT2D eigenvalue weighted by Gasteiger charge is 2.57. The largest absolute Gasteiger partial charge is 0.481 e. The van der Waals surface area contributed by atoms with Gasteiger partial charge in [-0.05, 0) is 25.0 Å². The lowest BCUT2D eigenvalue weighted by Gasteiger charge is -2.33. The molecule has 1 aliphatic carbocycles. The minimum atomic E-state index is -0.957. The Balaban J connectivity index is 1.51. The number of rotatable bonds is 3. The minimum Gasteiger partial charge on any atom is -0.481 e. The molecule has 0 radical (unpaired) electrons. The number of ether oxygens (including phenoxy) is 1. The molecule has 2 aliphatic heterocycles. The van der Waals surface area contributed by atoms with Crippen LogP contribution in [0.1, 0.15) is 24.3 Å². The Morgan fingerprint density at radius 3 is 2.64 bits per heavy atom. The van der Waals surface area contributed by atoms with E-state index in [1.165, 1.54) is 18.2 Å². The number of carboxylic acids is 1. The van der Waals surface area contributed by atoms with Crippen LogP contribution >= 0.6 is 0 Å². The van der Waals surface area contributed by atoms with Crippen LogP contribution < -0.4 is 0 Å². The highest BCUT2D eigenvalue weighted by molar-refractivity contribution is 5.85. The van der Waals surface area contributed by atoms with Gasteiger partial charge in [0.05, 0.1) is 12.0 Å². The molecule has 2 saturated heterocycles. The van der Waals surface area contributed by atoms with Crippen molar-refractivity contribution in [2.75, 3.05) is 26.3 Å². The van der Waals surface area contributed by atoms with Crippen LogP contribution in [0.2, 0.25) is 0 Å². The summed E-state index contributed by atoms with van der Waals surface area (Å²) in [7, 11) is 0. The molecule has 25 heavy (non-hydrogen) atoms. The van der Waals surface area contributed by atoms with Crippen molar-refractivity contribution in [3.8, 4) is 0 Å². The molecular formula is C18H19F2NO4. The zero-order chi connectivity index (χ0) is 17.8. The number of amides is 1. The van der Waals surface area contributed by atoms with E-state index in [4.69, 9.17) is 4.74 Å². The molecule has 1 saturated carbocycles. The van der Waals surface area contributed by atoms with E-state index < -0.39 is 34.9 Å². The normalized spacial score (nSPS) is 33.8. The van der Waals surface area contributed by atoms with E-state index >= 15 is 0 Å². The van der Waals surface area contributed by atoms with Gasteiger partial charge in [-0.3, -0.25) is 9.59 Å². The van der Waals surface area contributed by atoms with Crippen molar-refractivity contribution in [2.24, 2.45) is 17.3 Å². The van der Waals surface area contributed by atoms with Crippen LogP contribution in [0, 0.1) is 28.9 Å². The summed E-state index contributed by atoms with van der Waals surface area (Å²) in [4.78, 5) is 26.1. The van der Waals surface area contributed by atoms with Gasteiger partial charge < -0.3 is 14.7 Å². The number of hydrogen-bond acceptors (Lipinski definition) is 3. The second-order valence-electron chi connectivity index (χ2n) is 7.29. The van der Waals surface area contributed by atoms with Gasteiger partial charge in [-0.1, -0.05) is 6.07 Å². The summed E-state index contributed by atoms with van der Waals surface area (Å²) in [5, 5.41) is 9.66. The summed E-state index contributed by atoms with van der Waals surface area (Å²) in [6.45, 7) is 1.18. The summed E-state index contributed by atoms with van der Waals surface area (Å²) in [5.74, 6) is -3.54. The molecule has 7 heteroatoms. The van der Waals surface area contributed by atoms with Crippen molar-refractivity contribution in [1.82, 2.24) is 4.90 Å². The summed E-state index contributed by atoms with van der Waals surface area (Å²) in [6, 6.07) is 3.69. The number of benzene rings is 1. The van der Waals surface area contributed by atoms with Crippen molar-refractivity contribution in [2.45, 2.75) is 18.8 Å². The summed E-state index contributed by atoms with van der Waals surface area (Å²) in [5.41, 5.74) is -0.990. The maximum absolute atomic E-state index is 13.9. The van der Waals surface area contributed by atoms with Crippen LogP contribution in [-0.4, -0.2) is 48.2 Å². The third-order valence-electron chi connectivity index (χ3n) is 5.92. The smallest absolute Gasteiger partial charge is 0.311 e. The lowest BCUT2D eigenvalue weighted by Crippen LogP contribution is -2.45. The number of nitrogens with zero attached hydrogens (tertiary/aromatic N) is 1. The van der Waals surface area contributed by atoms with E-state index in [0.29, 0.717) is 32.6 Å². The molecule has 2 heterocycles. The molecule has 4 rings (SSSR count). The third kappa shape index (κ3) is 2.52. The van der Waals surface area contributed by atoms with Crippen LogP contribution in [0.4, 0.5) is 8.78 Å². The second-order valence-corrected chi connectivity index (χ2v) is 7.29. The van der Waals surface area contributed by atoms with Gasteiger partial charge in [0.2, 0.25) is 5.91 Å². The van der Waals surface area contributed by atoms with Crippen LogP contribution in [-0.2, 0) is 14.3 Å². The van der Waals surface area contributed by atoms with E-state index in [-0.39, 0.29) is 23.9 Å². The second kappa shape index (κ2) is 5.76. The van der Waals surface area contributed by atoms with Crippen molar-refractivity contribution in [3.63, 3.8) is 0 Å². The van der Waals surface area contributed by atoms with E-state index in [9.17, 15) is 23.5 Å². The van der Waals surface area contributed by atoms with E-state index in [1.807, 2.05) is 0 Å². The first kappa shape index (κ1) is 16.4. The molecule has 3 fully saturated rings. The molecule has 1 amide bonds. The zero-order valence-electron chi connectivity index (χ0n) is 13.6. The molecule has 0 aromatic heterocycles. The molecule has 1 aromatic rings.